The van der Waals surface area contributed by atoms with Crippen molar-refractivity contribution in [2.24, 2.45) is 5.92 Å². The summed E-state index contributed by atoms with van der Waals surface area (Å²) in [6, 6.07) is 7.14. The van der Waals surface area contributed by atoms with Crippen LogP contribution in [-0.4, -0.2) is 29.2 Å². The van der Waals surface area contributed by atoms with Crippen LogP contribution in [-0.2, 0) is 16.0 Å². The Bertz CT molecular complexity index is 473. The van der Waals surface area contributed by atoms with Crippen molar-refractivity contribution in [1.82, 2.24) is 5.32 Å². The molecule has 2 atom stereocenters. The van der Waals surface area contributed by atoms with E-state index in [2.05, 4.69) is 0 Å². The summed E-state index contributed by atoms with van der Waals surface area (Å²) in [5.41, 5.74) is 0.785. The van der Waals surface area contributed by atoms with Gasteiger partial charge in [0.15, 0.2) is 0 Å². The number of rotatable bonds is 5. The average molecular weight is 289 g/mol. The molecule has 0 spiro atoms. The maximum Gasteiger partial charge on any atom is 0.471 e. The minimum atomic E-state index is -5.10. The molecule has 0 bridgehead atoms. The number of alkyl halides is 3. The Morgan fingerprint density at radius 1 is 1.25 bits per heavy atom. The highest BCUT2D eigenvalue weighted by Gasteiger charge is 2.41. The van der Waals surface area contributed by atoms with Crippen molar-refractivity contribution < 1.29 is 27.9 Å². The van der Waals surface area contributed by atoms with Crippen LogP contribution in [0, 0.1) is 5.92 Å². The number of benzene rings is 1. The summed E-state index contributed by atoms with van der Waals surface area (Å²) < 4.78 is 36.5. The second-order valence-electron chi connectivity index (χ2n) is 4.45. The number of halogens is 3. The molecule has 7 heteroatoms. The Morgan fingerprint density at radius 3 is 2.25 bits per heavy atom. The number of carbonyl (C=O) groups excluding carboxylic acids is 1. The SMILES string of the molecule is C[C@H](Cc1ccccc1)[C@H](NC(=O)C(F)(F)F)C(=O)O. The smallest absolute Gasteiger partial charge is 0.471 e. The molecular formula is C13H14F3NO3. The Morgan fingerprint density at radius 2 is 1.80 bits per heavy atom. The summed E-state index contributed by atoms with van der Waals surface area (Å²) in [7, 11) is 0. The normalized spacial score (nSPS) is 14.4. The zero-order chi connectivity index (χ0) is 15.3. The van der Waals surface area contributed by atoms with Gasteiger partial charge < -0.3 is 10.4 Å². The molecule has 1 amide bonds. The molecule has 1 rings (SSSR count). The average Bonchev–Trinajstić information content (AvgIpc) is 2.35. The molecule has 0 fully saturated rings. The van der Waals surface area contributed by atoms with Crippen LogP contribution in [0.5, 0.6) is 0 Å². The molecule has 1 aromatic rings. The molecule has 1 aromatic carbocycles. The predicted octanol–water partition coefficient (Wildman–Crippen LogP) is 2.00. The number of carbonyl (C=O) groups is 2. The summed E-state index contributed by atoms with van der Waals surface area (Å²) >= 11 is 0. The first-order valence-corrected chi connectivity index (χ1v) is 5.86. The quantitative estimate of drug-likeness (QED) is 0.871. The summed E-state index contributed by atoms with van der Waals surface area (Å²) in [5.74, 6) is -4.42. The predicted molar refractivity (Wildman–Crippen MR) is 64.9 cm³/mol. The van der Waals surface area contributed by atoms with Crippen molar-refractivity contribution in [3.8, 4) is 0 Å². The number of carboxylic acid groups (broad SMARTS) is 1. The van der Waals surface area contributed by atoms with E-state index in [1.165, 1.54) is 12.2 Å². The fourth-order valence-corrected chi connectivity index (χ4v) is 1.77. The van der Waals surface area contributed by atoms with Crippen molar-refractivity contribution in [2.75, 3.05) is 0 Å². The monoisotopic (exact) mass is 289 g/mol. The van der Waals surface area contributed by atoms with Gasteiger partial charge in [-0.3, -0.25) is 4.79 Å². The number of carboxylic acids is 1. The maximum atomic E-state index is 12.2. The molecule has 4 nitrogen and oxygen atoms in total. The van der Waals surface area contributed by atoms with E-state index in [-0.39, 0.29) is 6.42 Å². The second kappa shape index (κ2) is 6.40. The standard InChI is InChI=1S/C13H14F3NO3/c1-8(7-9-5-3-2-4-6-9)10(11(18)19)17-12(20)13(14,15)16/h2-6,8,10H,7H2,1H3,(H,17,20)(H,18,19)/t8-,10+/m1/s1. The first-order valence-electron chi connectivity index (χ1n) is 5.86. The van der Waals surface area contributed by atoms with E-state index in [1.807, 2.05) is 0 Å². The van der Waals surface area contributed by atoms with Crippen LogP contribution in [0.1, 0.15) is 12.5 Å². The zero-order valence-corrected chi connectivity index (χ0v) is 10.6. The minimum absolute atomic E-state index is 0.246. The first-order chi connectivity index (χ1) is 9.21. The van der Waals surface area contributed by atoms with Gasteiger partial charge in [0.2, 0.25) is 0 Å². The van der Waals surface area contributed by atoms with Gasteiger partial charge in [-0.1, -0.05) is 37.3 Å². The van der Waals surface area contributed by atoms with Gasteiger partial charge in [-0.05, 0) is 17.9 Å². The van der Waals surface area contributed by atoms with E-state index < -0.39 is 30.0 Å². The summed E-state index contributed by atoms with van der Waals surface area (Å²) in [6.45, 7) is 1.47. The highest BCUT2D eigenvalue weighted by Crippen LogP contribution is 2.17. The number of nitrogens with one attached hydrogen (secondary N) is 1. The lowest BCUT2D eigenvalue weighted by molar-refractivity contribution is -0.176. The summed E-state index contributed by atoms with van der Waals surface area (Å²) in [4.78, 5) is 21.8. The maximum absolute atomic E-state index is 12.2. The number of hydrogen-bond donors (Lipinski definition) is 2. The minimum Gasteiger partial charge on any atom is -0.480 e. The van der Waals surface area contributed by atoms with Crippen molar-refractivity contribution in [3.63, 3.8) is 0 Å². The Labute approximate surface area is 113 Å². The number of amides is 1. The zero-order valence-electron chi connectivity index (χ0n) is 10.6. The molecule has 0 aromatic heterocycles. The van der Waals surface area contributed by atoms with Gasteiger partial charge in [-0.15, -0.1) is 0 Å². The third-order valence-corrected chi connectivity index (χ3v) is 2.78. The fourth-order valence-electron chi connectivity index (χ4n) is 1.77. The van der Waals surface area contributed by atoms with Crippen molar-refractivity contribution in [3.05, 3.63) is 35.9 Å². The summed E-state index contributed by atoms with van der Waals surface area (Å²) in [5, 5.41) is 10.5. The van der Waals surface area contributed by atoms with Crippen molar-refractivity contribution >= 4 is 11.9 Å². The Kier molecular flexibility index (Phi) is 5.12. The van der Waals surface area contributed by atoms with Crippen LogP contribution in [0.4, 0.5) is 13.2 Å². The molecule has 0 radical (unpaired) electrons. The molecular weight excluding hydrogens is 275 g/mol. The van der Waals surface area contributed by atoms with E-state index in [0.29, 0.717) is 0 Å². The van der Waals surface area contributed by atoms with Gasteiger partial charge in [0.1, 0.15) is 6.04 Å². The van der Waals surface area contributed by atoms with E-state index in [0.717, 1.165) is 5.56 Å². The van der Waals surface area contributed by atoms with Gasteiger partial charge in [0, 0.05) is 0 Å². The molecule has 0 saturated carbocycles. The molecule has 110 valence electrons. The van der Waals surface area contributed by atoms with Crippen molar-refractivity contribution in [2.45, 2.75) is 25.6 Å². The lowest BCUT2D eigenvalue weighted by Gasteiger charge is -2.22. The van der Waals surface area contributed by atoms with Gasteiger partial charge in [-0.25, -0.2) is 4.79 Å². The van der Waals surface area contributed by atoms with Crippen LogP contribution in [0.15, 0.2) is 30.3 Å². The number of hydrogen-bond acceptors (Lipinski definition) is 2. The lowest BCUT2D eigenvalue weighted by atomic mass is 9.94. The van der Waals surface area contributed by atoms with Gasteiger partial charge in [0.25, 0.3) is 0 Å². The van der Waals surface area contributed by atoms with Gasteiger partial charge >= 0.3 is 18.1 Å². The first kappa shape index (κ1) is 16.0. The highest BCUT2D eigenvalue weighted by molar-refractivity contribution is 5.87. The number of aliphatic carboxylic acids is 1. The third kappa shape index (κ3) is 4.56. The molecule has 2 N–H and O–H groups in total. The molecule has 0 unspecified atom stereocenters. The van der Waals surface area contributed by atoms with Crippen LogP contribution in [0.2, 0.25) is 0 Å². The van der Waals surface area contributed by atoms with Gasteiger partial charge in [0.05, 0.1) is 0 Å². The summed E-state index contributed by atoms with van der Waals surface area (Å²) in [6.07, 6.45) is -4.85. The van der Waals surface area contributed by atoms with Crippen LogP contribution in [0.25, 0.3) is 0 Å². The van der Waals surface area contributed by atoms with Crippen molar-refractivity contribution in [1.29, 1.82) is 0 Å². The molecule has 0 aliphatic carbocycles. The Balaban J connectivity index is 2.76. The molecule has 0 aliphatic heterocycles. The van der Waals surface area contributed by atoms with E-state index in [4.69, 9.17) is 5.11 Å². The van der Waals surface area contributed by atoms with Gasteiger partial charge in [-0.2, -0.15) is 13.2 Å². The fraction of sp³-hybridized carbons (Fsp3) is 0.385. The molecule has 0 saturated heterocycles. The second-order valence-corrected chi connectivity index (χ2v) is 4.45. The molecule has 0 heterocycles. The molecule has 20 heavy (non-hydrogen) atoms. The van der Waals surface area contributed by atoms with E-state index in [9.17, 15) is 22.8 Å². The van der Waals surface area contributed by atoms with Crippen LogP contribution in [0.3, 0.4) is 0 Å². The van der Waals surface area contributed by atoms with E-state index >= 15 is 0 Å². The largest absolute Gasteiger partial charge is 0.480 e. The molecule has 0 aliphatic rings. The van der Waals surface area contributed by atoms with E-state index in [1.54, 1.807) is 30.3 Å². The lowest BCUT2D eigenvalue weighted by Crippen LogP contribution is -2.50. The Hall–Kier alpha value is -2.05. The van der Waals surface area contributed by atoms with Crippen LogP contribution >= 0.6 is 0 Å². The third-order valence-electron chi connectivity index (χ3n) is 2.78. The topological polar surface area (TPSA) is 66.4 Å². The van der Waals surface area contributed by atoms with Crippen LogP contribution < -0.4 is 5.32 Å². The highest BCUT2D eigenvalue weighted by atomic mass is 19.4.